The number of nitrogen functional groups attached to an aromatic ring is 1. The van der Waals surface area contributed by atoms with Crippen LogP contribution in [0, 0.1) is 0 Å². The average Bonchev–Trinajstić information content (AvgIpc) is 2.79. The second kappa shape index (κ2) is 4.55. The maximum absolute atomic E-state index is 12.5. The predicted octanol–water partition coefficient (Wildman–Crippen LogP) is 2.02. The van der Waals surface area contributed by atoms with E-state index >= 15 is 0 Å². The van der Waals surface area contributed by atoms with E-state index in [0.717, 1.165) is 18.0 Å². The summed E-state index contributed by atoms with van der Waals surface area (Å²) in [6, 6.07) is 2.58. The lowest BCUT2D eigenvalue weighted by Gasteiger charge is -2.11. The van der Waals surface area contributed by atoms with Gasteiger partial charge in [0.05, 0.1) is 29.8 Å². The Morgan fingerprint density at radius 1 is 1.39 bits per heavy atom. The molecule has 0 atom stereocenters. The number of H-pyrrole nitrogens is 1. The molecule has 0 radical (unpaired) electrons. The zero-order valence-corrected chi connectivity index (χ0v) is 9.12. The molecule has 0 bridgehead atoms. The quantitative estimate of drug-likeness (QED) is 0.785. The molecule has 2 aromatic heterocycles. The predicted molar refractivity (Wildman–Crippen MR) is 59.6 cm³/mol. The van der Waals surface area contributed by atoms with E-state index in [1.807, 2.05) is 0 Å². The van der Waals surface area contributed by atoms with E-state index in [1.54, 1.807) is 12.3 Å². The summed E-state index contributed by atoms with van der Waals surface area (Å²) < 4.78 is 37.4. The number of aromatic amines is 1. The Bertz CT molecular complexity index is 521. The molecule has 0 unspecified atom stereocenters. The first-order valence-electron chi connectivity index (χ1n) is 5.01. The lowest BCUT2D eigenvalue weighted by Crippen LogP contribution is -2.11. The molecule has 2 heterocycles. The van der Waals surface area contributed by atoms with Gasteiger partial charge in [-0.3, -0.25) is 5.10 Å². The van der Waals surface area contributed by atoms with E-state index in [2.05, 4.69) is 20.5 Å². The van der Waals surface area contributed by atoms with Gasteiger partial charge in [0, 0.05) is 6.20 Å². The van der Waals surface area contributed by atoms with Crippen LogP contribution in [0.3, 0.4) is 0 Å². The average molecular weight is 257 g/mol. The Labute approximate surface area is 100 Å². The maximum atomic E-state index is 12.5. The molecule has 2 rings (SSSR count). The number of nitrogens with one attached hydrogen (secondary N) is 2. The van der Waals surface area contributed by atoms with Crippen molar-refractivity contribution in [2.75, 3.05) is 11.1 Å². The van der Waals surface area contributed by atoms with Gasteiger partial charge in [0.1, 0.15) is 5.69 Å². The van der Waals surface area contributed by atoms with Gasteiger partial charge in [-0.25, -0.2) is 4.98 Å². The number of alkyl halides is 3. The van der Waals surface area contributed by atoms with Crippen LogP contribution >= 0.6 is 0 Å². The summed E-state index contributed by atoms with van der Waals surface area (Å²) in [5.74, 6) is 0. The first-order chi connectivity index (χ1) is 8.47. The van der Waals surface area contributed by atoms with Gasteiger partial charge in [0.2, 0.25) is 0 Å². The first kappa shape index (κ1) is 12.2. The van der Waals surface area contributed by atoms with Crippen LogP contribution in [0.25, 0.3) is 0 Å². The van der Waals surface area contributed by atoms with Crippen molar-refractivity contribution in [2.45, 2.75) is 12.7 Å². The van der Waals surface area contributed by atoms with Gasteiger partial charge < -0.3 is 11.1 Å². The van der Waals surface area contributed by atoms with E-state index in [4.69, 9.17) is 5.73 Å². The van der Waals surface area contributed by atoms with Crippen molar-refractivity contribution < 1.29 is 13.2 Å². The van der Waals surface area contributed by atoms with Crippen LogP contribution < -0.4 is 11.1 Å². The Hall–Kier alpha value is -2.25. The molecule has 2 aromatic rings. The van der Waals surface area contributed by atoms with Gasteiger partial charge >= 0.3 is 6.18 Å². The summed E-state index contributed by atoms with van der Waals surface area (Å²) in [6.45, 7) is 0.297. The topological polar surface area (TPSA) is 79.6 Å². The molecule has 0 saturated heterocycles. The van der Waals surface area contributed by atoms with E-state index in [9.17, 15) is 13.2 Å². The SMILES string of the molecule is Nc1cnc(C(F)(F)F)cc1NCc1ccn[nH]1. The smallest absolute Gasteiger partial charge is 0.396 e. The minimum atomic E-state index is -4.49. The molecule has 0 aromatic carbocycles. The minimum absolute atomic E-state index is 0.155. The third-order valence-corrected chi connectivity index (χ3v) is 2.25. The number of hydrogen-bond acceptors (Lipinski definition) is 4. The van der Waals surface area contributed by atoms with Gasteiger partial charge in [0.15, 0.2) is 0 Å². The van der Waals surface area contributed by atoms with Crippen LogP contribution in [-0.4, -0.2) is 15.2 Å². The normalized spacial score (nSPS) is 11.5. The number of pyridine rings is 1. The van der Waals surface area contributed by atoms with Gasteiger partial charge in [-0.2, -0.15) is 18.3 Å². The monoisotopic (exact) mass is 257 g/mol. The zero-order chi connectivity index (χ0) is 13.2. The van der Waals surface area contributed by atoms with E-state index in [-0.39, 0.29) is 11.4 Å². The second-order valence-corrected chi connectivity index (χ2v) is 3.59. The lowest BCUT2D eigenvalue weighted by molar-refractivity contribution is -0.141. The molecular formula is C10H10F3N5. The van der Waals surface area contributed by atoms with Gasteiger partial charge in [-0.05, 0) is 12.1 Å². The van der Waals surface area contributed by atoms with Crippen molar-refractivity contribution in [2.24, 2.45) is 0 Å². The van der Waals surface area contributed by atoms with Gasteiger partial charge in [-0.15, -0.1) is 0 Å². The molecule has 0 aliphatic carbocycles. The summed E-state index contributed by atoms with van der Waals surface area (Å²) in [7, 11) is 0. The third kappa shape index (κ3) is 2.70. The second-order valence-electron chi connectivity index (χ2n) is 3.59. The molecule has 4 N–H and O–H groups in total. The molecule has 0 fully saturated rings. The molecule has 96 valence electrons. The summed E-state index contributed by atoms with van der Waals surface area (Å²) in [6.07, 6.45) is -1.95. The molecule has 8 heteroatoms. The Kier molecular flexibility index (Phi) is 3.09. The summed E-state index contributed by atoms with van der Waals surface area (Å²) in [5, 5.41) is 9.20. The number of halogens is 3. The number of anilines is 2. The summed E-state index contributed by atoms with van der Waals surface area (Å²) >= 11 is 0. The Balaban J connectivity index is 2.16. The number of hydrogen-bond donors (Lipinski definition) is 3. The highest BCUT2D eigenvalue weighted by Crippen LogP contribution is 2.31. The highest BCUT2D eigenvalue weighted by atomic mass is 19.4. The zero-order valence-electron chi connectivity index (χ0n) is 9.12. The van der Waals surface area contributed by atoms with E-state index in [1.165, 1.54) is 0 Å². The van der Waals surface area contributed by atoms with Crippen LogP contribution in [0.15, 0.2) is 24.5 Å². The largest absolute Gasteiger partial charge is 0.433 e. The van der Waals surface area contributed by atoms with Crippen molar-refractivity contribution in [1.29, 1.82) is 0 Å². The molecule has 5 nitrogen and oxygen atoms in total. The van der Waals surface area contributed by atoms with Crippen LogP contribution in [0.2, 0.25) is 0 Å². The van der Waals surface area contributed by atoms with Crippen LogP contribution in [0.4, 0.5) is 24.5 Å². The fourth-order valence-electron chi connectivity index (χ4n) is 1.35. The number of nitrogens with zero attached hydrogens (tertiary/aromatic N) is 2. The molecule has 18 heavy (non-hydrogen) atoms. The molecular weight excluding hydrogens is 247 g/mol. The number of nitrogens with two attached hydrogens (primary N) is 1. The third-order valence-electron chi connectivity index (χ3n) is 2.25. The standard InChI is InChI=1S/C10H10F3N5/c11-10(12,13)9-3-8(7(14)5-16-9)15-4-6-1-2-17-18-6/h1-3,5H,4,14H2,(H,15,16)(H,17,18). The van der Waals surface area contributed by atoms with Gasteiger partial charge in [-0.1, -0.05) is 0 Å². The van der Waals surface area contributed by atoms with Gasteiger partial charge in [0.25, 0.3) is 0 Å². The number of aromatic nitrogens is 3. The fraction of sp³-hybridized carbons (Fsp3) is 0.200. The minimum Gasteiger partial charge on any atom is -0.396 e. The van der Waals surface area contributed by atoms with Crippen LogP contribution in [-0.2, 0) is 12.7 Å². The molecule has 0 saturated carbocycles. The van der Waals surface area contributed by atoms with Crippen LogP contribution in [0.1, 0.15) is 11.4 Å². The van der Waals surface area contributed by atoms with Crippen molar-refractivity contribution >= 4 is 11.4 Å². The van der Waals surface area contributed by atoms with E-state index in [0.29, 0.717) is 6.54 Å². The van der Waals surface area contributed by atoms with Crippen molar-refractivity contribution in [3.8, 4) is 0 Å². The van der Waals surface area contributed by atoms with Crippen molar-refractivity contribution in [3.05, 3.63) is 35.9 Å². The maximum Gasteiger partial charge on any atom is 0.433 e. The highest BCUT2D eigenvalue weighted by molar-refractivity contribution is 5.65. The fourth-order valence-corrected chi connectivity index (χ4v) is 1.35. The summed E-state index contributed by atoms with van der Waals surface area (Å²) in [4.78, 5) is 3.25. The summed E-state index contributed by atoms with van der Waals surface area (Å²) in [5.41, 5.74) is 5.65. The number of rotatable bonds is 3. The molecule has 0 aliphatic heterocycles. The highest BCUT2D eigenvalue weighted by Gasteiger charge is 2.32. The van der Waals surface area contributed by atoms with Crippen molar-refractivity contribution in [1.82, 2.24) is 15.2 Å². The lowest BCUT2D eigenvalue weighted by atomic mass is 10.2. The Morgan fingerprint density at radius 2 is 2.17 bits per heavy atom. The van der Waals surface area contributed by atoms with E-state index < -0.39 is 11.9 Å². The molecule has 0 amide bonds. The first-order valence-corrected chi connectivity index (χ1v) is 5.01. The Morgan fingerprint density at radius 3 is 2.78 bits per heavy atom. The molecule has 0 spiro atoms. The van der Waals surface area contributed by atoms with Crippen molar-refractivity contribution in [3.63, 3.8) is 0 Å². The molecule has 0 aliphatic rings. The van der Waals surface area contributed by atoms with Crippen LogP contribution in [0.5, 0.6) is 0 Å².